The average Bonchev–Trinajstić information content (AvgIpc) is 3.19. The number of hydrogen-bond donors (Lipinski definition) is 1. The number of ketones is 1. The molecule has 2 heterocycles. The molecule has 0 radical (unpaired) electrons. The molecular weight excluding hydrogens is 408 g/mol. The molecule has 0 amide bonds. The molecule has 1 N–H and O–H groups in total. The van der Waals surface area contributed by atoms with Crippen LogP contribution in [0.15, 0.2) is 65.0 Å². The average molecular weight is 433 g/mol. The summed E-state index contributed by atoms with van der Waals surface area (Å²) in [6, 6.07) is 16.1. The molecule has 7 heteroatoms. The molecule has 0 saturated carbocycles. The number of anilines is 1. The molecule has 2 aliphatic rings. The van der Waals surface area contributed by atoms with E-state index in [1.54, 1.807) is 18.9 Å². The van der Waals surface area contributed by atoms with Crippen LogP contribution in [0.1, 0.15) is 42.0 Å². The summed E-state index contributed by atoms with van der Waals surface area (Å²) in [6.07, 6.45) is 2.29. The minimum Gasteiger partial charge on any atom is -0.497 e. The van der Waals surface area contributed by atoms with Crippen LogP contribution >= 0.6 is 11.8 Å². The van der Waals surface area contributed by atoms with Crippen molar-refractivity contribution in [3.8, 4) is 5.75 Å². The van der Waals surface area contributed by atoms with E-state index in [9.17, 15) is 4.79 Å². The van der Waals surface area contributed by atoms with Gasteiger partial charge in [-0.1, -0.05) is 53.7 Å². The molecule has 5 rings (SSSR count). The third-order valence-corrected chi connectivity index (χ3v) is 6.64. The number of allylic oxidation sites excluding steroid dienone is 2. The molecule has 3 aromatic rings. The van der Waals surface area contributed by atoms with E-state index in [1.807, 2.05) is 28.9 Å². The maximum atomic E-state index is 12.9. The number of fused-ring (bicyclic) bond motifs is 1. The molecule has 31 heavy (non-hydrogen) atoms. The molecule has 1 aromatic heterocycles. The van der Waals surface area contributed by atoms with Crippen molar-refractivity contribution in [1.29, 1.82) is 0 Å². The number of carbonyl (C=O) groups is 1. The second kappa shape index (κ2) is 8.23. The van der Waals surface area contributed by atoms with Crippen molar-refractivity contribution in [1.82, 2.24) is 14.8 Å². The smallest absolute Gasteiger partial charge is 0.227 e. The van der Waals surface area contributed by atoms with Crippen LogP contribution in [-0.2, 0) is 10.5 Å². The minimum atomic E-state index is -0.272. The van der Waals surface area contributed by atoms with Crippen molar-refractivity contribution in [3.05, 3.63) is 76.5 Å². The molecule has 0 spiro atoms. The van der Waals surface area contributed by atoms with Crippen molar-refractivity contribution in [3.63, 3.8) is 0 Å². The van der Waals surface area contributed by atoms with E-state index >= 15 is 0 Å². The highest BCUT2D eigenvalue weighted by atomic mass is 32.2. The predicted octanol–water partition coefficient (Wildman–Crippen LogP) is 4.91. The number of aryl methyl sites for hydroxylation is 1. The zero-order valence-electron chi connectivity index (χ0n) is 17.6. The van der Waals surface area contributed by atoms with E-state index in [0.29, 0.717) is 17.5 Å². The van der Waals surface area contributed by atoms with Gasteiger partial charge in [-0.05, 0) is 43.0 Å². The quantitative estimate of drug-likeness (QED) is 0.578. The zero-order chi connectivity index (χ0) is 21.4. The lowest BCUT2D eigenvalue weighted by molar-refractivity contribution is -0.116. The van der Waals surface area contributed by atoms with Crippen LogP contribution in [0.4, 0.5) is 5.95 Å². The number of hydrogen-bond acceptors (Lipinski definition) is 6. The third-order valence-electron chi connectivity index (χ3n) is 5.73. The summed E-state index contributed by atoms with van der Waals surface area (Å²) in [5.74, 6) is 2.46. The van der Waals surface area contributed by atoms with E-state index in [0.717, 1.165) is 41.2 Å². The molecule has 0 saturated heterocycles. The maximum absolute atomic E-state index is 12.9. The summed E-state index contributed by atoms with van der Waals surface area (Å²) in [6.45, 7) is 2.10. The summed E-state index contributed by atoms with van der Waals surface area (Å²) < 4.78 is 7.17. The third kappa shape index (κ3) is 3.85. The number of thioether (sulfide) groups is 1. The molecular formula is C24H24N4O2S. The Balaban J connectivity index is 1.50. The van der Waals surface area contributed by atoms with E-state index in [2.05, 4.69) is 36.5 Å². The number of methoxy groups -OCH3 is 1. The largest absolute Gasteiger partial charge is 0.497 e. The summed E-state index contributed by atoms with van der Waals surface area (Å²) in [7, 11) is 1.65. The summed E-state index contributed by atoms with van der Waals surface area (Å²) in [5.41, 5.74) is 5.28. The second-order valence-corrected chi connectivity index (χ2v) is 8.85. The Labute approximate surface area is 185 Å². The van der Waals surface area contributed by atoms with Gasteiger partial charge >= 0.3 is 0 Å². The highest BCUT2D eigenvalue weighted by Gasteiger charge is 2.36. The van der Waals surface area contributed by atoms with Gasteiger partial charge in [0.15, 0.2) is 5.78 Å². The fraction of sp³-hybridized carbons (Fsp3) is 0.292. The predicted molar refractivity (Wildman–Crippen MR) is 121 cm³/mol. The van der Waals surface area contributed by atoms with Gasteiger partial charge in [0.1, 0.15) is 11.8 Å². The number of rotatable bonds is 5. The van der Waals surface area contributed by atoms with E-state index in [1.165, 1.54) is 11.1 Å². The molecule has 158 valence electrons. The van der Waals surface area contributed by atoms with Crippen molar-refractivity contribution >= 4 is 23.5 Å². The van der Waals surface area contributed by atoms with E-state index in [4.69, 9.17) is 14.8 Å². The van der Waals surface area contributed by atoms with E-state index < -0.39 is 0 Å². The van der Waals surface area contributed by atoms with Crippen LogP contribution in [0, 0.1) is 6.92 Å². The van der Waals surface area contributed by atoms with Gasteiger partial charge in [0, 0.05) is 23.4 Å². The van der Waals surface area contributed by atoms with Crippen LogP contribution in [0.5, 0.6) is 5.75 Å². The SMILES string of the molecule is COc1ccc(C2C3=C(CCCC3=O)Nc3nc(SCc4cccc(C)c4)nn32)cc1. The van der Waals surface area contributed by atoms with Gasteiger partial charge in [-0.25, -0.2) is 4.68 Å². The zero-order valence-corrected chi connectivity index (χ0v) is 18.4. The highest BCUT2D eigenvalue weighted by molar-refractivity contribution is 7.98. The van der Waals surface area contributed by atoms with Gasteiger partial charge in [-0.3, -0.25) is 4.79 Å². The lowest BCUT2D eigenvalue weighted by Crippen LogP contribution is -2.31. The van der Waals surface area contributed by atoms with E-state index in [-0.39, 0.29) is 11.8 Å². The lowest BCUT2D eigenvalue weighted by atomic mass is 9.85. The van der Waals surface area contributed by atoms with Gasteiger partial charge in [0.05, 0.1) is 7.11 Å². The number of aromatic nitrogens is 3. The Hall–Kier alpha value is -3.06. The summed E-state index contributed by atoms with van der Waals surface area (Å²) in [4.78, 5) is 17.7. The first-order chi connectivity index (χ1) is 15.1. The molecule has 0 fully saturated rings. The number of benzene rings is 2. The number of nitrogens with one attached hydrogen (secondary N) is 1. The topological polar surface area (TPSA) is 69.0 Å². The van der Waals surface area contributed by atoms with Crippen molar-refractivity contribution < 1.29 is 9.53 Å². The first-order valence-corrected chi connectivity index (χ1v) is 11.4. The second-order valence-electron chi connectivity index (χ2n) is 7.91. The summed E-state index contributed by atoms with van der Waals surface area (Å²) >= 11 is 1.61. The number of ether oxygens (including phenoxy) is 1. The fourth-order valence-corrected chi connectivity index (χ4v) is 5.01. The van der Waals surface area contributed by atoms with Crippen LogP contribution in [0.3, 0.4) is 0 Å². The molecule has 0 bridgehead atoms. The molecule has 2 aromatic carbocycles. The number of carbonyl (C=O) groups excluding carboxylic acids is 1. The Morgan fingerprint density at radius 2 is 2.03 bits per heavy atom. The van der Waals surface area contributed by atoms with Crippen LogP contribution < -0.4 is 10.1 Å². The van der Waals surface area contributed by atoms with Gasteiger partial charge in [-0.2, -0.15) is 4.98 Å². The first-order valence-electron chi connectivity index (χ1n) is 10.4. The van der Waals surface area contributed by atoms with Crippen LogP contribution in [0.25, 0.3) is 0 Å². The molecule has 1 aliphatic carbocycles. The van der Waals surface area contributed by atoms with Gasteiger partial charge in [0.2, 0.25) is 11.1 Å². The molecule has 6 nitrogen and oxygen atoms in total. The first kappa shape index (κ1) is 19.9. The number of nitrogens with zero attached hydrogens (tertiary/aromatic N) is 3. The van der Waals surface area contributed by atoms with Crippen molar-refractivity contribution in [2.45, 2.75) is 43.1 Å². The Bertz CT molecular complexity index is 1170. The van der Waals surface area contributed by atoms with Crippen molar-refractivity contribution in [2.24, 2.45) is 0 Å². The Kier molecular flexibility index (Phi) is 5.28. The highest BCUT2D eigenvalue weighted by Crippen LogP contribution is 2.41. The standard InChI is InChI=1S/C24H24N4O2S/c1-15-5-3-6-16(13-15)14-31-24-26-23-25-19-7-4-8-20(29)21(19)22(28(23)27-24)17-9-11-18(30-2)12-10-17/h3,5-6,9-13,22H,4,7-8,14H2,1-2H3,(H,25,26,27). The number of Topliss-reactive ketones (excluding diaryl/α,β-unsaturated/α-hetero) is 1. The molecule has 1 aliphatic heterocycles. The Morgan fingerprint density at radius 3 is 2.81 bits per heavy atom. The fourth-order valence-electron chi connectivity index (χ4n) is 4.24. The minimum absolute atomic E-state index is 0.185. The molecule has 1 unspecified atom stereocenters. The normalized spacial score (nSPS) is 17.7. The van der Waals surface area contributed by atoms with Crippen LogP contribution in [0.2, 0.25) is 0 Å². The van der Waals surface area contributed by atoms with Crippen LogP contribution in [-0.4, -0.2) is 27.7 Å². The van der Waals surface area contributed by atoms with Gasteiger partial charge < -0.3 is 10.1 Å². The van der Waals surface area contributed by atoms with Crippen molar-refractivity contribution in [2.75, 3.05) is 12.4 Å². The molecule has 1 atom stereocenters. The Morgan fingerprint density at radius 1 is 1.19 bits per heavy atom. The summed E-state index contributed by atoms with van der Waals surface area (Å²) in [5, 5.41) is 8.90. The maximum Gasteiger partial charge on any atom is 0.227 e. The van der Waals surface area contributed by atoms with Gasteiger partial charge in [-0.15, -0.1) is 5.10 Å². The lowest BCUT2D eigenvalue weighted by Gasteiger charge is -2.32. The van der Waals surface area contributed by atoms with Gasteiger partial charge in [0.25, 0.3) is 0 Å². The monoisotopic (exact) mass is 432 g/mol.